The molecule has 1 aromatic rings. The fourth-order valence-electron chi connectivity index (χ4n) is 1.52. The van der Waals surface area contributed by atoms with Gasteiger partial charge < -0.3 is 10.1 Å². The van der Waals surface area contributed by atoms with Gasteiger partial charge in [-0.1, -0.05) is 30.3 Å². The van der Waals surface area contributed by atoms with Crippen LogP contribution in [0.25, 0.3) is 5.70 Å². The Morgan fingerprint density at radius 1 is 1.47 bits per heavy atom. The zero-order valence-corrected chi connectivity index (χ0v) is 9.47. The molecule has 0 saturated heterocycles. The summed E-state index contributed by atoms with van der Waals surface area (Å²) in [5, 5.41) is 2.58. The third-order valence-corrected chi connectivity index (χ3v) is 2.39. The van der Waals surface area contributed by atoms with Crippen molar-refractivity contribution < 1.29 is 14.4 Å². The summed E-state index contributed by atoms with van der Waals surface area (Å²) in [4.78, 5) is 16.2. The average Bonchev–Trinajstić information content (AvgIpc) is 2.86. The minimum atomic E-state index is -0.463. The zero-order chi connectivity index (χ0) is 12.1. The minimum Gasteiger partial charge on any atom is -0.453 e. The van der Waals surface area contributed by atoms with E-state index in [2.05, 4.69) is 15.5 Å². The number of rotatable bonds is 3. The molecule has 0 fully saturated rings. The van der Waals surface area contributed by atoms with Crippen LogP contribution in [0.4, 0.5) is 4.79 Å². The molecule has 1 atom stereocenters. The van der Waals surface area contributed by atoms with Crippen molar-refractivity contribution in [1.82, 2.24) is 10.8 Å². The maximum atomic E-state index is 10.9. The van der Waals surface area contributed by atoms with Crippen LogP contribution in [0, 0.1) is 0 Å². The first-order valence-electron chi connectivity index (χ1n) is 5.30. The van der Waals surface area contributed by atoms with Gasteiger partial charge in [-0.15, -0.1) is 0 Å². The highest BCUT2D eigenvalue weighted by Gasteiger charge is 2.17. The second-order valence-electron chi connectivity index (χ2n) is 3.58. The molecule has 1 aliphatic rings. The molecule has 0 spiro atoms. The van der Waals surface area contributed by atoms with Gasteiger partial charge in [0.2, 0.25) is 0 Å². The number of amides is 1. The molecule has 0 radical (unpaired) electrons. The molecule has 1 amide bonds. The second kappa shape index (κ2) is 5.36. The van der Waals surface area contributed by atoms with Gasteiger partial charge in [-0.2, -0.15) is 0 Å². The molecule has 1 aliphatic heterocycles. The van der Waals surface area contributed by atoms with Gasteiger partial charge in [0.15, 0.2) is 0 Å². The summed E-state index contributed by atoms with van der Waals surface area (Å²) in [6, 6.07) is 9.84. The van der Waals surface area contributed by atoms with Gasteiger partial charge in [0.25, 0.3) is 0 Å². The number of carbonyl (C=O) groups is 1. The monoisotopic (exact) mass is 234 g/mol. The molecular weight excluding hydrogens is 220 g/mol. The van der Waals surface area contributed by atoms with Crippen molar-refractivity contribution in [3.63, 3.8) is 0 Å². The van der Waals surface area contributed by atoms with Crippen LogP contribution >= 0.6 is 0 Å². The molecule has 1 aromatic carbocycles. The number of hydroxylamine groups is 1. The predicted molar refractivity (Wildman–Crippen MR) is 62.8 cm³/mol. The molecule has 0 bridgehead atoms. The summed E-state index contributed by atoms with van der Waals surface area (Å²) in [7, 11) is 1.33. The Bertz CT molecular complexity index is 417. The maximum absolute atomic E-state index is 10.9. The van der Waals surface area contributed by atoms with Crippen LogP contribution in [0.5, 0.6) is 0 Å². The quantitative estimate of drug-likeness (QED) is 0.827. The molecule has 1 unspecified atom stereocenters. The SMILES string of the molecule is COC(=O)NCC1C=C(c2ccccc2)NO1. The van der Waals surface area contributed by atoms with Crippen LogP contribution in [0.3, 0.4) is 0 Å². The summed E-state index contributed by atoms with van der Waals surface area (Å²) in [6.07, 6.45) is 1.27. The van der Waals surface area contributed by atoms with Gasteiger partial charge >= 0.3 is 6.09 Å². The van der Waals surface area contributed by atoms with Gasteiger partial charge in [-0.3, -0.25) is 10.3 Å². The number of methoxy groups -OCH3 is 1. The first kappa shape index (κ1) is 11.5. The van der Waals surface area contributed by atoms with Crippen molar-refractivity contribution >= 4 is 11.8 Å². The molecule has 0 aliphatic carbocycles. The summed E-state index contributed by atoms with van der Waals surface area (Å²) < 4.78 is 4.47. The van der Waals surface area contributed by atoms with Gasteiger partial charge in [0.05, 0.1) is 19.4 Å². The van der Waals surface area contributed by atoms with Crippen LogP contribution in [-0.2, 0) is 9.57 Å². The van der Waals surface area contributed by atoms with Crippen LogP contribution < -0.4 is 10.8 Å². The summed E-state index contributed by atoms with van der Waals surface area (Å²) in [6.45, 7) is 0.371. The Balaban J connectivity index is 1.93. The number of alkyl carbamates (subject to hydrolysis) is 1. The van der Waals surface area contributed by atoms with E-state index in [-0.39, 0.29) is 6.10 Å². The van der Waals surface area contributed by atoms with Crippen molar-refractivity contribution in [2.24, 2.45) is 0 Å². The third kappa shape index (κ3) is 2.98. The van der Waals surface area contributed by atoms with E-state index in [4.69, 9.17) is 4.84 Å². The lowest BCUT2D eigenvalue weighted by Crippen LogP contribution is -2.32. The lowest BCUT2D eigenvalue weighted by atomic mass is 10.1. The molecular formula is C12H14N2O3. The van der Waals surface area contributed by atoms with E-state index >= 15 is 0 Å². The van der Waals surface area contributed by atoms with E-state index < -0.39 is 6.09 Å². The Labute approximate surface area is 99.4 Å². The van der Waals surface area contributed by atoms with Crippen molar-refractivity contribution in [1.29, 1.82) is 0 Å². The molecule has 0 aromatic heterocycles. The Morgan fingerprint density at radius 2 is 2.24 bits per heavy atom. The predicted octanol–water partition coefficient (Wildman–Crippen LogP) is 1.29. The van der Waals surface area contributed by atoms with E-state index in [9.17, 15) is 4.79 Å². The Hall–Kier alpha value is -2.01. The van der Waals surface area contributed by atoms with E-state index in [1.54, 1.807) is 0 Å². The number of carbonyl (C=O) groups excluding carboxylic acids is 1. The number of hydrogen-bond donors (Lipinski definition) is 2. The van der Waals surface area contributed by atoms with Crippen molar-refractivity contribution in [3.05, 3.63) is 42.0 Å². The normalized spacial score (nSPS) is 18.2. The largest absolute Gasteiger partial charge is 0.453 e. The number of ether oxygens (including phenoxy) is 1. The number of benzene rings is 1. The molecule has 5 heteroatoms. The van der Waals surface area contributed by atoms with Crippen LogP contribution in [0.15, 0.2) is 36.4 Å². The average molecular weight is 234 g/mol. The molecule has 2 rings (SSSR count). The van der Waals surface area contributed by atoms with Crippen LogP contribution in [-0.4, -0.2) is 25.9 Å². The molecule has 17 heavy (non-hydrogen) atoms. The molecule has 5 nitrogen and oxygen atoms in total. The van der Waals surface area contributed by atoms with Gasteiger partial charge in [0, 0.05) is 0 Å². The zero-order valence-electron chi connectivity index (χ0n) is 9.47. The van der Waals surface area contributed by atoms with Gasteiger partial charge in [0.1, 0.15) is 6.10 Å². The maximum Gasteiger partial charge on any atom is 0.406 e. The van der Waals surface area contributed by atoms with Crippen LogP contribution in [0.1, 0.15) is 5.56 Å². The van der Waals surface area contributed by atoms with E-state index in [1.807, 2.05) is 36.4 Å². The standard InChI is InChI=1S/C12H14N2O3/c1-16-12(15)13-8-10-7-11(14-17-10)9-5-3-2-4-6-9/h2-7,10,14H,8H2,1H3,(H,13,15). The highest BCUT2D eigenvalue weighted by atomic mass is 16.7. The van der Waals surface area contributed by atoms with Gasteiger partial charge in [-0.25, -0.2) is 4.79 Å². The molecule has 90 valence electrons. The van der Waals surface area contributed by atoms with Crippen LogP contribution in [0.2, 0.25) is 0 Å². The van der Waals surface area contributed by atoms with Crippen molar-refractivity contribution in [2.45, 2.75) is 6.10 Å². The highest BCUT2D eigenvalue weighted by molar-refractivity contribution is 5.67. The lowest BCUT2D eigenvalue weighted by molar-refractivity contribution is 0.0510. The number of hydrogen-bond acceptors (Lipinski definition) is 4. The molecule has 0 saturated carbocycles. The third-order valence-electron chi connectivity index (χ3n) is 2.39. The number of nitrogens with one attached hydrogen (secondary N) is 2. The first-order chi connectivity index (χ1) is 8.29. The smallest absolute Gasteiger partial charge is 0.406 e. The first-order valence-corrected chi connectivity index (χ1v) is 5.30. The fraction of sp³-hybridized carbons (Fsp3) is 0.250. The summed E-state index contributed by atoms with van der Waals surface area (Å²) in [5.41, 5.74) is 4.79. The minimum absolute atomic E-state index is 0.190. The van der Waals surface area contributed by atoms with E-state index in [0.717, 1.165) is 11.3 Å². The molecule has 2 N–H and O–H groups in total. The molecule has 1 heterocycles. The summed E-state index contributed by atoms with van der Waals surface area (Å²) >= 11 is 0. The Kier molecular flexibility index (Phi) is 3.62. The van der Waals surface area contributed by atoms with E-state index in [0.29, 0.717) is 6.54 Å². The van der Waals surface area contributed by atoms with E-state index in [1.165, 1.54) is 7.11 Å². The van der Waals surface area contributed by atoms with Crippen molar-refractivity contribution in [2.75, 3.05) is 13.7 Å². The van der Waals surface area contributed by atoms with Gasteiger partial charge in [-0.05, 0) is 11.6 Å². The highest BCUT2D eigenvalue weighted by Crippen LogP contribution is 2.17. The van der Waals surface area contributed by atoms with Crippen molar-refractivity contribution in [3.8, 4) is 0 Å². The Morgan fingerprint density at radius 3 is 2.94 bits per heavy atom. The second-order valence-corrected chi connectivity index (χ2v) is 3.58. The summed E-state index contributed by atoms with van der Waals surface area (Å²) in [5.74, 6) is 0. The topological polar surface area (TPSA) is 59.6 Å². The fourth-order valence-corrected chi connectivity index (χ4v) is 1.52. The lowest BCUT2D eigenvalue weighted by Gasteiger charge is -2.07.